The number of amides is 2. The molecule has 20 heavy (non-hydrogen) atoms. The van der Waals surface area contributed by atoms with Gasteiger partial charge in [0.2, 0.25) is 0 Å². The highest BCUT2D eigenvalue weighted by atomic mass is 16.2. The molecule has 0 bridgehead atoms. The third-order valence-electron chi connectivity index (χ3n) is 3.43. The molecule has 1 fully saturated rings. The normalized spacial score (nSPS) is 14.4. The summed E-state index contributed by atoms with van der Waals surface area (Å²) in [5.74, 6) is 5.78. The molecule has 0 aliphatic heterocycles. The van der Waals surface area contributed by atoms with Crippen LogP contribution in [0.1, 0.15) is 36.8 Å². The molecule has 2 rings (SSSR count). The molecule has 1 aliphatic rings. The number of nitrogens with one attached hydrogen (secondary N) is 2. The fourth-order valence-electron chi connectivity index (χ4n) is 2.35. The van der Waals surface area contributed by atoms with E-state index in [4.69, 9.17) is 5.73 Å². The fourth-order valence-corrected chi connectivity index (χ4v) is 2.35. The lowest BCUT2D eigenvalue weighted by atomic mass is 10.1. The molecule has 1 aromatic carbocycles. The zero-order chi connectivity index (χ0) is 14.2. The van der Waals surface area contributed by atoms with Gasteiger partial charge < -0.3 is 16.4 Å². The second kappa shape index (κ2) is 7.56. The Morgan fingerprint density at radius 1 is 1.25 bits per heavy atom. The van der Waals surface area contributed by atoms with Gasteiger partial charge in [0.25, 0.3) is 0 Å². The van der Waals surface area contributed by atoms with Crippen molar-refractivity contribution in [3.8, 4) is 11.8 Å². The lowest BCUT2D eigenvalue weighted by Crippen LogP contribution is -2.40. The van der Waals surface area contributed by atoms with Gasteiger partial charge >= 0.3 is 6.03 Å². The number of urea groups is 1. The van der Waals surface area contributed by atoms with Crippen LogP contribution in [0.4, 0.5) is 4.79 Å². The van der Waals surface area contributed by atoms with Gasteiger partial charge in [-0.15, -0.1) is 0 Å². The summed E-state index contributed by atoms with van der Waals surface area (Å²) in [5.41, 5.74) is 7.33. The zero-order valence-corrected chi connectivity index (χ0v) is 11.6. The molecule has 2 amide bonds. The first-order chi connectivity index (χ1) is 9.78. The van der Waals surface area contributed by atoms with Crippen LogP contribution in [0.2, 0.25) is 0 Å². The van der Waals surface area contributed by atoms with Crippen LogP contribution in [0.3, 0.4) is 0 Å². The molecule has 0 unspecified atom stereocenters. The van der Waals surface area contributed by atoms with Crippen LogP contribution in [-0.4, -0.2) is 18.6 Å². The maximum Gasteiger partial charge on any atom is 0.315 e. The average molecular weight is 271 g/mol. The van der Waals surface area contributed by atoms with Gasteiger partial charge in [-0.2, -0.15) is 0 Å². The van der Waals surface area contributed by atoms with Gasteiger partial charge in [-0.1, -0.05) is 36.8 Å². The van der Waals surface area contributed by atoms with Crippen molar-refractivity contribution in [2.75, 3.05) is 6.54 Å². The minimum absolute atomic E-state index is 0.0797. The summed E-state index contributed by atoms with van der Waals surface area (Å²) in [6.07, 6.45) is 4.64. The van der Waals surface area contributed by atoms with Crippen LogP contribution in [0.5, 0.6) is 0 Å². The van der Waals surface area contributed by atoms with Gasteiger partial charge in [0.1, 0.15) is 0 Å². The minimum Gasteiger partial charge on any atom is -0.335 e. The van der Waals surface area contributed by atoms with Crippen molar-refractivity contribution in [2.45, 2.75) is 38.3 Å². The summed E-state index contributed by atoms with van der Waals surface area (Å²) < 4.78 is 0. The second-order valence-corrected chi connectivity index (χ2v) is 5.01. The molecule has 4 nitrogen and oxygen atoms in total. The van der Waals surface area contributed by atoms with E-state index in [1.807, 2.05) is 24.3 Å². The molecule has 1 aliphatic carbocycles. The summed E-state index contributed by atoms with van der Waals surface area (Å²) in [6, 6.07) is 8.09. The quantitative estimate of drug-likeness (QED) is 0.733. The Labute approximate surface area is 120 Å². The first-order valence-corrected chi connectivity index (χ1v) is 7.10. The Bertz CT molecular complexity index is 493. The monoisotopic (exact) mass is 271 g/mol. The first-order valence-electron chi connectivity index (χ1n) is 7.10. The number of nitrogens with two attached hydrogens (primary N) is 1. The highest BCUT2D eigenvalue weighted by molar-refractivity contribution is 5.74. The summed E-state index contributed by atoms with van der Waals surface area (Å²) in [4.78, 5) is 11.7. The largest absolute Gasteiger partial charge is 0.335 e. The van der Waals surface area contributed by atoms with E-state index < -0.39 is 0 Å². The van der Waals surface area contributed by atoms with E-state index in [0.717, 1.165) is 24.0 Å². The second-order valence-electron chi connectivity index (χ2n) is 5.01. The van der Waals surface area contributed by atoms with E-state index in [-0.39, 0.29) is 6.03 Å². The van der Waals surface area contributed by atoms with Crippen LogP contribution in [0.25, 0.3) is 0 Å². The molecule has 0 atom stereocenters. The van der Waals surface area contributed by atoms with Gasteiger partial charge in [-0.25, -0.2) is 4.79 Å². The number of rotatable bonds is 3. The molecule has 1 saturated carbocycles. The molecular formula is C16H21N3O. The Kier molecular flexibility index (Phi) is 5.45. The molecule has 4 heteroatoms. The van der Waals surface area contributed by atoms with Gasteiger partial charge in [0, 0.05) is 18.2 Å². The Hall–Kier alpha value is -1.99. The highest BCUT2D eigenvalue weighted by Gasteiger charge is 2.16. The highest BCUT2D eigenvalue weighted by Crippen LogP contribution is 2.17. The summed E-state index contributed by atoms with van der Waals surface area (Å²) in [5, 5.41) is 5.88. The molecule has 4 N–H and O–H groups in total. The van der Waals surface area contributed by atoms with Crippen molar-refractivity contribution >= 4 is 6.03 Å². The van der Waals surface area contributed by atoms with Crippen molar-refractivity contribution in [1.29, 1.82) is 0 Å². The lowest BCUT2D eigenvalue weighted by Gasteiger charge is -2.12. The van der Waals surface area contributed by atoms with Crippen molar-refractivity contribution in [3.05, 3.63) is 35.4 Å². The molecule has 1 aromatic rings. The van der Waals surface area contributed by atoms with Gasteiger partial charge in [-0.3, -0.25) is 0 Å². The van der Waals surface area contributed by atoms with E-state index in [1.165, 1.54) is 12.8 Å². The van der Waals surface area contributed by atoms with Crippen molar-refractivity contribution in [2.24, 2.45) is 5.73 Å². The number of hydrogen-bond donors (Lipinski definition) is 3. The van der Waals surface area contributed by atoms with E-state index >= 15 is 0 Å². The summed E-state index contributed by atoms with van der Waals surface area (Å²) in [7, 11) is 0. The Morgan fingerprint density at radius 3 is 2.60 bits per heavy atom. The van der Waals surface area contributed by atoms with Crippen LogP contribution in [0, 0.1) is 11.8 Å². The number of carbonyl (C=O) groups is 1. The Morgan fingerprint density at radius 2 is 1.95 bits per heavy atom. The van der Waals surface area contributed by atoms with E-state index in [1.54, 1.807) is 0 Å². The third kappa shape index (κ3) is 4.60. The smallest absolute Gasteiger partial charge is 0.315 e. The fraction of sp³-hybridized carbons (Fsp3) is 0.438. The van der Waals surface area contributed by atoms with Crippen molar-refractivity contribution in [1.82, 2.24) is 10.6 Å². The van der Waals surface area contributed by atoms with E-state index in [0.29, 0.717) is 19.1 Å². The van der Waals surface area contributed by atoms with Crippen LogP contribution < -0.4 is 16.4 Å². The summed E-state index contributed by atoms with van der Waals surface area (Å²) in [6.45, 7) is 0.897. The standard InChI is InChI=1S/C16H21N3O/c17-11-3-4-13-7-9-14(10-8-13)12-18-16(20)19-15-5-1-2-6-15/h7-10,15H,1-2,5-6,11-12,17H2,(H2,18,19,20). The molecule has 0 radical (unpaired) electrons. The third-order valence-corrected chi connectivity index (χ3v) is 3.43. The van der Waals surface area contributed by atoms with E-state index in [2.05, 4.69) is 22.5 Å². The predicted octanol–water partition coefficient (Wildman–Crippen LogP) is 1.74. The van der Waals surface area contributed by atoms with Crippen molar-refractivity contribution in [3.63, 3.8) is 0 Å². The first kappa shape index (κ1) is 14.4. The lowest BCUT2D eigenvalue weighted by molar-refractivity contribution is 0.236. The van der Waals surface area contributed by atoms with Gasteiger partial charge in [-0.05, 0) is 30.5 Å². The predicted molar refractivity (Wildman–Crippen MR) is 80.0 cm³/mol. The van der Waals surface area contributed by atoms with Gasteiger partial charge in [0.05, 0.1) is 6.54 Å². The van der Waals surface area contributed by atoms with Gasteiger partial charge in [0.15, 0.2) is 0 Å². The number of carbonyl (C=O) groups excluding carboxylic acids is 1. The topological polar surface area (TPSA) is 67.1 Å². The van der Waals surface area contributed by atoms with Crippen LogP contribution >= 0.6 is 0 Å². The molecule has 106 valence electrons. The maximum absolute atomic E-state index is 11.7. The van der Waals surface area contributed by atoms with Crippen LogP contribution in [-0.2, 0) is 6.54 Å². The molecule has 0 heterocycles. The number of hydrogen-bond acceptors (Lipinski definition) is 2. The Balaban J connectivity index is 1.76. The molecule has 0 aromatic heterocycles. The SMILES string of the molecule is NCC#Cc1ccc(CNC(=O)NC2CCCC2)cc1. The average Bonchev–Trinajstić information content (AvgIpc) is 2.97. The van der Waals surface area contributed by atoms with Crippen LogP contribution in [0.15, 0.2) is 24.3 Å². The zero-order valence-electron chi connectivity index (χ0n) is 11.6. The molecule has 0 saturated heterocycles. The molecular weight excluding hydrogens is 250 g/mol. The number of benzene rings is 1. The molecule has 0 spiro atoms. The maximum atomic E-state index is 11.7. The summed E-state index contributed by atoms with van der Waals surface area (Å²) >= 11 is 0. The van der Waals surface area contributed by atoms with Crippen molar-refractivity contribution < 1.29 is 4.79 Å². The van der Waals surface area contributed by atoms with E-state index in [9.17, 15) is 4.79 Å². The minimum atomic E-state index is -0.0797.